The number of imide groups is 1. The minimum atomic E-state index is -1.27. The minimum absolute atomic E-state index is 0. The van der Waals surface area contributed by atoms with Gasteiger partial charge < -0.3 is 5.11 Å². The van der Waals surface area contributed by atoms with E-state index in [2.05, 4.69) is 15.9 Å². The summed E-state index contributed by atoms with van der Waals surface area (Å²) in [7, 11) is 1.21. The van der Waals surface area contributed by atoms with Crippen LogP contribution in [0.3, 0.4) is 0 Å². The molecule has 1 aromatic rings. The molecule has 1 aromatic carbocycles. The summed E-state index contributed by atoms with van der Waals surface area (Å²) in [6.45, 7) is 0. The Morgan fingerprint density at radius 2 is 1.87 bits per heavy atom. The summed E-state index contributed by atoms with van der Waals surface area (Å²) in [5.74, 6) is -0.551. The van der Waals surface area contributed by atoms with Gasteiger partial charge in [-0.1, -0.05) is 12.1 Å². The lowest BCUT2D eigenvalue weighted by Crippen LogP contribution is -2.31. The molecule has 2 amide bonds. The summed E-state index contributed by atoms with van der Waals surface area (Å²) in [4.78, 5) is 22.7. The third-order valence-electron chi connectivity index (χ3n) is 1.70. The van der Waals surface area contributed by atoms with Crippen molar-refractivity contribution in [1.29, 1.82) is 0 Å². The zero-order valence-corrected chi connectivity index (χ0v) is 10.2. The molecule has 0 radical (unpaired) electrons. The van der Waals surface area contributed by atoms with Crippen molar-refractivity contribution in [2.75, 3.05) is 7.05 Å². The van der Waals surface area contributed by atoms with Crippen LogP contribution in [-0.2, 0) is 0 Å². The molecule has 0 aliphatic heterocycles. The first-order chi connectivity index (χ1) is 6.54. The van der Waals surface area contributed by atoms with Crippen molar-refractivity contribution in [3.05, 3.63) is 34.3 Å². The van der Waals surface area contributed by atoms with E-state index in [0.717, 1.165) is 0 Å². The summed E-state index contributed by atoms with van der Waals surface area (Å²) >= 11 is 3.17. The molecular weight excluding hydrogens is 285 g/mol. The molecule has 0 aliphatic rings. The number of benzene rings is 1. The monoisotopic (exact) mass is 293 g/mol. The smallest absolute Gasteiger partial charge is 0.414 e. The Balaban J connectivity index is 0.00000196. The van der Waals surface area contributed by atoms with Crippen molar-refractivity contribution in [2.24, 2.45) is 0 Å². The first-order valence-corrected chi connectivity index (χ1v) is 4.59. The highest BCUT2D eigenvalue weighted by Crippen LogP contribution is 2.17. The Kier molecular flexibility index (Phi) is 5.32. The van der Waals surface area contributed by atoms with Gasteiger partial charge in [0.25, 0.3) is 5.91 Å². The molecule has 0 unspecified atom stereocenters. The van der Waals surface area contributed by atoms with E-state index in [1.807, 2.05) is 0 Å². The van der Waals surface area contributed by atoms with E-state index >= 15 is 0 Å². The maximum Gasteiger partial charge on any atom is 0.414 e. The van der Waals surface area contributed by atoms with Gasteiger partial charge in [0.05, 0.1) is 5.56 Å². The number of carboxylic acid groups (broad SMARTS) is 1. The van der Waals surface area contributed by atoms with Crippen LogP contribution in [0.15, 0.2) is 28.7 Å². The van der Waals surface area contributed by atoms with Crippen LogP contribution < -0.4 is 0 Å². The quantitative estimate of drug-likeness (QED) is 0.866. The van der Waals surface area contributed by atoms with Gasteiger partial charge in [-0.15, -0.1) is 12.4 Å². The molecule has 0 bridgehead atoms. The van der Waals surface area contributed by atoms with E-state index in [0.29, 0.717) is 14.9 Å². The fourth-order valence-electron chi connectivity index (χ4n) is 0.902. The van der Waals surface area contributed by atoms with Gasteiger partial charge in [0, 0.05) is 11.5 Å². The number of rotatable bonds is 1. The maximum absolute atomic E-state index is 11.5. The molecule has 82 valence electrons. The van der Waals surface area contributed by atoms with Crippen molar-refractivity contribution >= 4 is 40.3 Å². The Labute approximate surface area is 101 Å². The predicted octanol–water partition coefficient (Wildman–Crippen LogP) is 2.62. The number of hydrogen-bond donors (Lipinski definition) is 1. The van der Waals surface area contributed by atoms with Gasteiger partial charge >= 0.3 is 6.09 Å². The van der Waals surface area contributed by atoms with E-state index in [9.17, 15) is 9.59 Å². The molecule has 0 aliphatic carbocycles. The SMILES string of the molecule is CN(C(=O)O)C(=O)c1ccccc1Br.Cl. The van der Waals surface area contributed by atoms with Crippen molar-refractivity contribution < 1.29 is 14.7 Å². The second-order valence-electron chi connectivity index (χ2n) is 2.63. The van der Waals surface area contributed by atoms with Crippen LogP contribution in [0.2, 0.25) is 0 Å². The van der Waals surface area contributed by atoms with Crippen LogP contribution >= 0.6 is 28.3 Å². The van der Waals surface area contributed by atoms with Gasteiger partial charge in [-0.3, -0.25) is 4.79 Å². The van der Waals surface area contributed by atoms with Gasteiger partial charge in [-0.05, 0) is 28.1 Å². The topological polar surface area (TPSA) is 57.6 Å². The number of halogens is 2. The Morgan fingerprint density at radius 3 is 2.33 bits per heavy atom. The van der Waals surface area contributed by atoms with Crippen molar-refractivity contribution in [1.82, 2.24) is 4.90 Å². The second kappa shape index (κ2) is 5.72. The fraction of sp³-hybridized carbons (Fsp3) is 0.111. The average Bonchev–Trinajstić information content (AvgIpc) is 2.16. The van der Waals surface area contributed by atoms with Gasteiger partial charge in [0.15, 0.2) is 0 Å². The normalized spacial score (nSPS) is 8.93. The highest BCUT2D eigenvalue weighted by Gasteiger charge is 2.18. The molecule has 0 saturated heterocycles. The largest absolute Gasteiger partial charge is 0.465 e. The van der Waals surface area contributed by atoms with Crippen LogP contribution in [0.4, 0.5) is 4.79 Å². The van der Waals surface area contributed by atoms with Gasteiger partial charge in [-0.25, -0.2) is 9.69 Å². The van der Waals surface area contributed by atoms with Crippen LogP contribution in [0, 0.1) is 0 Å². The third kappa shape index (κ3) is 3.21. The summed E-state index contributed by atoms with van der Waals surface area (Å²) in [6.07, 6.45) is -1.27. The molecule has 0 fully saturated rings. The Morgan fingerprint density at radius 1 is 1.33 bits per heavy atom. The molecule has 0 aromatic heterocycles. The second-order valence-corrected chi connectivity index (χ2v) is 3.48. The molecule has 1 N–H and O–H groups in total. The lowest BCUT2D eigenvalue weighted by Gasteiger charge is -2.11. The lowest BCUT2D eigenvalue weighted by molar-refractivity contribution is 0.0781. The Hall–Kier alpha value is -1.07. The number of amides is 2. The molecule has 0 spiro atoms. The number of carbonyl (C=O) groups is 2. The molecule has 0 saturated carbocycles. The van der Waals surface area contributed by atoms with E-state index in [4.69, 9.17) is 5.11 Å². The van der Waals surface area contributed by atoms with E-state index in [1.165, 1.54) is 7.05 Å². The lowest BCUT2D eigenvalue weighted by atomic mass is 10.2. The summed E-state index contributed by atoms with van der Waals surface area (Å²) < 4.78 is 0.582. The standard InChI is InChI=1S/C9H8BrNO3.ClH/c1-11(9(13)14)8(12)6-4-2-3-5-7(6)10;/h2-5H,1H3,(H,13,14);1H. The number of hydrogen-bond acceptors (Lipinski definition) is 2. The molecule has 4 nitrogen and oxygen atoms in total. The number of carbonyl (C=O) groups excluding carboxylic acids is 1. The van der Waals surface area contributed by atoms with Gasteiger partial charge in [-0.2, -0.15) is 0 Å². The summed E-state index contributed by atoms with van der Waals surface area (Å²) in [6, 6.07) is 6.67. The van der Waals surface area contributed by atoms with Crippen molar-refractivity contribution in [2.45, 2.75) is 0 Å². The zero-order valence-electron chi connectivity index (χ0n) is 7.81. The average molecular weight is 295 g/mol. The van der Waals surface area contributed by atoms with Crippen molar-refractivity contribution in [3.8, 4) is 0 Å². The highest BCUT2D eigenvalue weighted by molar-refractivity contribution is 9.10. The molecule has 6 heteroatoms. The van der Waals surface area contributed by atoms with Crippen LogP contribution in [0.5, 0.6) is 0 Å². The number of nitrogens with zero attached hydrogens (tertiary/aromatic N) is 1. The first kappa shape index (κ1) is 13.9. The molecular formula is C9H9BrClNO3. The predicted molar refractivity (Wildman–Crippen MR) is 61.5 cm³/mol. The molecule has 15 heavy (non-hydrogen) atoms. The molecule has 0 atom stereocenters. The summed E-state index contributed by atoms with van der Waals surface area (Å²) in [5, 5.41) is 8.59. The Bertz CT molecular complexity index is 383. The zero-order chi connectivity index (χ0) is 10.7. The highest BCUT2D eigenvalue weighted by atomic mass is 79.9. The molecule has 0 heterocycles. The van der Waals surface area contributed by atoms with Gasteiger partial charge in [0.1, 0.15) is 0 Å². The van der Waals surface area contributed by atoms with Crippen LogP contribution in [-0.4, -0.2) is 29.1 Å². The summed E-state index contributed by atoms with van der Waals surface area (Å²) in [5.41, 5.74) is 0.331. The van der Waals surface area contributed by atoms with Crippen LogP contribution in [0.25, 0.3) is 0 Å². The van der Waals surface area contributed by atoms with Crippen LogP contribution in [0.1, 0.15) is 10.4 Å². The van der Waals surface area contributed by atoms with Crippen molar-refractivity contribution in [3.63, 3.8) is 0 Å². The molecule has 1 rings (SSSR count). The third-order valence-corrected chi connectivity index (χ3v) is 2.39. The van der Waals surface area contributed by atoms with E-state index in [1.54, 1.807) is 24.3 Å². The maximum atomic E-state index is 11.5. The van der Waals surface area contributed by atoms with E-state index < -0.39 is 12.0 Å². The van der Waals surface area contributed by atoms with E-state index in [-0.39, 0.29) is 12.4 Å². The van der Waals surface area contributed by atoms with Gasteiger partial charge in [0.2, 0.25) is 0 Å². The first-order valence-electron chi connectivity index (χ1n) is 3.79. The minimum Gasteiger partial charge on any atom is -0.465 e. The fourth-order valence-corrected chi connectivity index (χ4v) is 1.36.